The molecule has 26 heavy (non-hydrogen) atoms. The van der Waals surface area contributed by atoms with Crippen LogP contribution in [0, 0.1) is 11.8 Å². The Balaban J connectivity index is 2.96. The van der Waals surface area contributed by atoms with Crippen molar-refractivity contribution in [2.75, 3.05) is 27.9 Å². The normalized spacial score (nSPS) is 14.2. The predicted molar refractivity (Wildman–Crippen MR) is 96.5 cm³/mol. The van der Waals surface area contributed by atoms with E-state index in [9.17, 15) is 14.2 Å². The molecule has 0 spiro atoms. The van der Waals surface area contributed by atoms with Crippen LogP contribution in [0.1, 0.15) is 12.5 Å². The number of ketones is 1. The largest absolute Gasteiger partial charge is 0.468 e. The summed E-state index contributed by atoms with van der Waals surface area (Å²) in [4.78, 5) is 24.0. The van der Waals surface area contributed by atoms with Crippen molar-refractivity contribution >= 4 is 19.3 Å². The highest BCUT2D eigenvalue weighted by Gasteiger charge is 2.33. The summed E-state index contributed by atoms with van der Waals surface area (Å²) in [5.41, 5.74) is 0.951. The van der Waals surface area contributed by atoms with Crippen molar-refractivity contribution in [1.82, 2.24) is 0 Å². The summed E-state index contributed by atoms with van der Waals surface area (Å²) in [5, 5.41) is 0. The van der Waals surface area contributed by atoms with E-state index in [0.717, 1.165) is 5.56 Å². The maximum atomic E-state index is 12.2. The van der Waals surface area contributed by atoms with E-state index in [1.165, 1.54) is 40.1 Å². The maximum Gasteiger partial charge on any atom is 0.353 e. The third-order valence-electron chi connectivity index (χ3n) is 3.77. The number of carbonyl (C=O) groups is 2. The molecular formula is C18H25O7P. The second-order valence-corrected chi connectivity index (χ2v) is 7.63. The molecule has 144 valence electrons. The third kappa shape index (κ3) is 6.84. The summed E-state index contributed by atoms with van der Waals surface area (Å²) in [6.45, 7) is 1.66. The summed E-state index contributed by atoms with van der Waals surface area (Å²) in [5.74, 6) is -1.58. The third-order valence-corrected chi connectivity index (χ3v) is 5.32. The minimum Gasteiger partial charge on any atom is -0.468 e. The Labute approximate surface area is 153 Å². The first kappa shape index (κ1) is 22.3. The molecular weight excluding hydrogens is 359 g/mol. The van der Waals surface area contributed by atoms with Gasteiger partial charge in [-0.3, -0.25) is 14.2 Å². The smallest absolute Gasteiger partial charge is 0.353 e. The highest BCUT2D eigenvalue weighted by Crippen LogP contribution is 2.48. The van der Waals surface area contributed by atoms with Crippen LogP contribution in [0.5, 0.6) is 0 Å². The van der Waals surface area contributed by atoms with Gasteiger partial charge in [0.1, 0.15) is 11.7 Å². The first-order valence-electron chi connectivity index (χ1n) is 7.97. The molecule has 0 fully saturated rings. The zero-order chi connectivity index (χ0) is 19.6. The molecule has 7 nitrogen and oxygen atoms in total. The molecule has 1 aromatic rings. The molecule has 8 heteroatoms. The average molecular weight is 384 g/mol. The van der Waals surface area contributed by atoms with Gasteiger partial charge in [-0.05, 0) is 12.5 Å². The number of methoxy groups -OCH3 is 1. The maximum absolute atomic E-state index is 12.2. The van der Waals surface area contributed by atoms with Crippen LogP contribution in [-0.2, 0) is 39.3 Å². The Morgan fingerprint density at radius 3 is 2.23 bits per heavy atom. The van der Waals surface area contributed by atoms with Crippen LogP contribution in [0.15, 0.2) is 42.2 Å². The summed E-state index contributed by atoms with van der Waals surface area (Å²) in [7, 11) is 0.271. The standard InChI is InChI=1S/C18H25O7P/c1-14(19)17(18(20)22-2)16(10-11-26(21,23-3)24-4)13-25-12-15-8-6-5-7-9-15/h5-11,16-17H,12-13H2,1-4H3/b11-10+. The molecule has 0 saturated carbocycles. The van der Waals surface area contributed by atoms with Gasteiger partial charge in [-0.1, -0.05) is 36.4 Å². The molecule has 0 N–H and O–H groups in total. The van der Waals surface area contributed by atoms with Gasteiger partial charge in [0.05, 0.1) is 20.3 Å². The minimum absolute atomic E-state index is 0.0537. The van der Waals surface area contributed by atoms with Crippen LogP contribution in [0.2, 0.25) is 0 Å². The Morgan fingerprint density at radius 1 is 1.12 bits per heavy atom. The number of Topliss-reactive ketones (excluding diaryl/α,β-unsaturated/α-hetero) is 1. The van der Waals surface area contributed by atoms with Crippen LogP contribution >= 0.6 is 7.60 Å². The van der Waals surface area contributed by atoms with E-state index in [2.05, 4.69) is 0 Å². The zero-order valence-corrected chi connectivity index (χ0v) is 16.3. The van der Waals surface area contributed by atoms with E-state index in [4.69, 9.17) is 18.5 Å². The number of hydrogen-bond donors (Lipinski definition) is 0. The minimum atomic E-state index is -3.43. The Hall–Kier alpha value is -1.79. The molecule has 0 aliphatic rings. The fraction of sp³-hybridized carbons (Fsp3) is 0.444. The first-order chi connectivity index (χ1) is 12.4. The molecule has 0 amide bonds. The van der Waals surface area contributed by atoms with Crippen LogP contribution < -0.4 is 0 Å². The van der Waals surface area contributed by atoms with Crippen LogP contribution in [-0.4, -0.2) is 39.7 Å². The van der Waals surface area contributed by atoms with Crippen molar-refractivity contribution in [2.45, 2.75) is 13.5 Å². The van der Waals surface area contributed by atoms with Gasteiger partial charge >= 0.3 is 13.6 Å². The summed E-state index contributed by atoms with van der Waals surface area (Å²) < 4.78 is 32.3. The van der Waals surface area contributed by atoms with Crippen LogP contribution in [0.3, 0.4) is 0 Å². The van der Waals surface area contributed by atoms with E-state index in [-0.39, 0.29) is 12.4 Å². The molecule has 0 radical (unpaired) electrons. The van der Waals surface area contributed by atoms with Crippen LogP contribution in [0.25, 0.3) is 0 Å². The Kier molecular flexibility index (Phi) is 9.44. The lowest BCUT2D eigenvalue weighted by Gasteiger charge is -2.21. The van der Waals surface area contributed by atoms with Crippen LogP contribution in [0.4, 0.5) is 0 Å². The highest BCUT2D eigenvalue weighted by atomic mass is 31.2. The Bertz CT molecular complexity index is 649. The lowest BCUT2D eigenvalue weighted by Crippen LogP contribution is -2.32. The molecule has 0 aliphatic heterocycles. The quantitative estimate of drug-likeness (QED) is 0.329. The van der Waals surface area contributed by atoms with E-state index in [0.29, 0.717) is 6.61 Å². The number of benzene rings is 1. The predicted octanol–water partition coefficient (Wildman–Crippen LogP) is 3.20. The lowest BCUT2D eigenvalue weighted by molar-refractivity contribution is -0.151. The highest BCUT2D eigenvalue weighted by molar-refractivity contribution is 7.57. The number of esters is 1. The average Bonchev–Trinajstić information content (AvgIpc) is 2.65. The van der Waals surface area contributed by atoms with E-state index < -0.39 is 25.4 Å². The van der Waals surface area contributed by atoms with Gasteiger partial charge in [0, 0.05) is 26.0 Å². The van der Waals surface area contributed by atoms with Gasteiger partial charge in [0.25, 0.3) is 0 Å². The fourth-order valence-corrected chi connectivity index (χ4v) is 3.16. The van der Waals surface area contributed by atoms with Crippen molar-refractivity contribution < 1.29 is 32.7 Å². The van der Waals surface area contributed by atoms with Crippen molar-refractivity contribution in [2.24, 2.45) is 11.8 Å². The van der Waals surface area contributed by atoms with Crippen molar-refractivity contribution in [1.29, 1.82) is 0 Å². The molecule has 1 aromatic carbocycles. The number of rotatable bonds is 11. The molecule has 1 rings (SSSR count). The topological polar surface area (TPSA) is 88.1 Å². The van der Waals surface area contributed by atoms with Gasteiger partial charge in [0.15, 0.2) is 0 Å². The second-order valence-electron chi connectivity index (χ2n) is 5.52. The number of hydrogen-bond acceptors (Lipinski definition) is 7. The lowest BCUT2D eigenvalue weighted by atomic mass is 9.90. The zero-order valence-electron chi connectivity index (χ0n) is 15.4. The van der Waals surface area contributed by atoms with Gasteiger partial charge in [-0.2, -0.15) is 0 Å². The van der Waals surface area contributed by atoms with E-state index >= 15 is 0 Å². The molecule has 2 unspecified atom stereocenters. The summed E-state index contributed by atoms with van der Waals surface area (Å²) in [6.07, 6.45) is 1.45. The molecule has 0 aliphatic carbocycles. The second kappa shape index (κ2) is 11.0. The molecule has 0 heterocycles. The fourth-order valence-electron chi connectivity index (χ4n) is 2.33. The summed E-state index contributed by atoms with van der Waals surface area (Å²) in [6, 6.07) is 9.47. The molecule has 0 bridgehead atoms. The van der Waals surface area contributed by atoms with Crippen molar-refractivity contribution in [3.63, 3.8) is 0 Å². The SMILES string of the molecule is COC(=O)C(C(C)=O)C(/C=C/P(=O)(OC)OC)COCc1ccccc1. The molecule has 2 atom stereocenters. The van der Waals surface area contributed by atoms with E-state index in [1.807, 2.05) is 30.3 Å². The van der Waals surface area contributed by atoms with Crippen molar-refractivity contribution in [3.8, 4) is 0 Å². The number of carbonyl (C=O) groups excluding carboxylic acids is 2. The van der Waals surface area contributed by atoms with Gasteiger partial charge in [-0.25, -0.2) is 0 Å². The van der Waals surface area contributed by atoms with Gasteiger partial charge in [0.2, 0.25) is 0 Å². The molecule has 0 aromatic heterocycles. The first-order valence-corrected chi connectivity index (χ1v) is 9.58. The number of ether oxygens (including phenoxy) is 2. The van der Waals surface area contributed by atoms with Gasteiger partial charge < -0.3 is 18.5 Å². The van der Waals surface area contributed by atoms with E-state index in [1.54, 1.807) is 0 Å². The Morgan fingerprint density at radius 2 is 1.73 bits per heavy atom. The van der Waals surface area contributed by atoms with Gasteiger partial charge in [-0.15, -0.1) is 0 Å². The van der Waals surface area contributed by atoms with Crippen molar-refractivity contribution in [3.05, 3.63) is 47.8 Å². The monoisotopic (exact) mass is 384 g/mol. The molecule has 0 saturated heterocycles. The summed E-state index contributed by atoms with van der Waals surface area (Å²) >= 11 is 0.